The molecule has 1 aromatic rings. The smallest absolute Gasteiger partial charge is 0.0953 e. The minimum atomic E-state index is -0.545. The molecule has 2 unspecified atom stereocenters. The Bertz CT molecular complexity index is 225. The molecule has 0 aliphatic carbocycles. The zero-order chi connectivity index (χ0) is 8.97. The van der Waals surface area contributed by atoms with Crippen LogP contribution in [-0.2, 0) is 0 Å². The summed E-state index contributed by atoms with van der Waals surface area (Å²) in [4.78, 5) is 0. The first-order valence-electron chi connectivity index (χ1n) is 3.95. The van der Waals surface area contributed by atoms with Crippen LogP contribution in [0.5, 0.6) is 0 Å². The lowest BCUT2D eigenvalue weighted by Gasteiger charge is -2.17. The van der Waals surface area contributed by atoms with Crippen LogP contribution in [0.3, 0.4) is 0 Å². The molecule has 12 heavy (non-hydrogen) atoms. The van der Waals surface area contributed by atoms with Crippen LogP contribution in [0, 0.1) is 0 Å². The highest BCUT2D eigenvalue weighted by molar-refractivity contribution is 5.18. The van der Waals surface area contributed by atoms with Crippen LogP contribution in [0.15, 0.2) is 30.3 Å². The van der Waals surface area contributed by atoms with Gasteiger partial charge in [0, 0.05) is 6.04 Å². The molecule has 0 saturated carbocycles. The van der Waals surface area contributed by atoms with E-state index in [9.17, 15) is 5.11 Å². The third-order valence-corrected chi connectivity index (χ3v) is 1.88. The van der Waals surface area contributed by atoms with Gasteiger partial charge in [-0.1, -0.05) is 30.3 Å². The highest BCUT2D eigenvalue weighted by Gasteiger charge is 2.13. The highest BCUT2D eigenvalue weighted by atomic mass is 16.3. The van der Waals surface area contributed by atoms with Crippen molar-refractivity contribution >= 4 is 0 Å². The van der Waals surface area contributed by atoms with E-state index in [1.165, 1.54) is 0 Å². The van der Waals surface area contributed by atoms with Gasteiger partial charge in [0.2, 0.25) is 0 Å². The maximum Gasteiger partial charge on any atom is 0.0953 e. The van der Waals surface area contributed by atoms with E-state index in [1.807, 2.05) is 37.3 Å². The first-order valence-corrected chi connectivity index (χ1v) is 3.95. The van der Waals surface area contributed by atoms with Gasteiger partial charge in [-0.2, -0.15) is 0 Å². The molecule has 0 spiro atoms. The fraction of sp³-hybridized carbons (Fsp3) is 0.333. The molecule has 0 amide bonds. The Morgan fingerprint density at radius 2 is 1.92 bits per heavy atom. The minimum absolute atomic E-state index is 0.132. The molecule has 0 aliphatic rings. The van der Waals surface area contributed by atoms with Crippen LogP contribution in [-0.4, -0.2) is 11.1 Å². The topological polar surface area (TPSA) is 58.3 Å². The summed E-state index contributed by atoms with van der Waals surface area (Å²) in [6.45, 7) is 1.83. The Labute approximate surface area is 72.2 Å². The Hall–Kier alpha value is -0.900. The minimum Gasteiger partial charge on any atom is -0.387 e. The number of rotatable bonds is 3. The molecule has 0 fully saturated rings. The molecule has 0 radical (unpaired) electrons. The van der Waals surface area contributed by atoms with Gasteiger partial charge in [0.05, 0.1) is 6.10 Å². The molecule has 4 N–H and O–H groups in total. The lowest BCUT2D eigenvalue weighted by atomic mass is 10.0. The average molecular weight is 166 g/mol. The zero-order valence-corrected chi connectivity index (χ0v) is 7.07. The summed E-state index contributed by atoms with van der Waals surface area (Å²) in [5.41, 5.74) is 3.39. The molecular formula is C9H14N2O. The number of nitrogens with one attached hydrogen (secondary N) is 1. The molecule has 66 valence electrons. The molecule has 3 heteroatoms. The summed E-state index contributed by atoms with van der Waals surface area (Å²) in [5, 5.41) is 9.65. The maximum absolute atomic E-state index is 9.65. The monoisotopic (exact) mass is 166 g/mol. The van der Waals surface area contributed by atoms with Crippen molar-refractivity contribution in [2.75, 3.05) is 0 Å². The molecular weight excluding hydrogens is 152 g/mol. The summed E-state index contributed by atoms with van der Waals surface area (Å²) in [6.07, 6.45) is -0.545. The molecule has 2 atom stereocenters. The van der Waals surface area contributed by atoms with Crippen molar-refractivity contribution in [2.45, 2.75) is 19.1 Å². The molecule has 0 bridgehead atoms. The van der Waals surface area contributed by atoms with Crippen molar-refractivity contribution in [3.63, 3.8) is 0 Å². The lowest BCUT2D eigenvalue weighted by molar-refractivity contribution is 0.136. The Morgan fingerprint density at radius 3 is 2.42 bits per heavy atom. The van der Waals surface area contributed by atoms with E-state index in [4.69, 9.17) is 5.84 Å². The van der Waals surface area contributed by atoms with Gasteiger partial charge in [-0.3, -0.25) is 11.3 Å². The second-order valence-electron chi connectivity index (χ2n) is 2.81. The third kappa shape index (κ3) is 2.04. The van der Waals surface area contributed by atoms with Crippen LogP contribution < -0.4 is 11.3 Å². The normalized spacial score (nSPS) is 15.6. The number of hydrogen-bond donors (Lipinski definition) is 3. The number of nitrogens with two attached hydrogens (primary N) is 1. The standard InChI is InChI=1S/C9H14N2O/c1-7(11-10)9(12)8-5-3-2-4-6-8/h2-7,9,11-12H,10H2,1H3. The van der Waals surface area contributed by atoms with Crippen LogP contribution in [0.2, 0.25) is 0 Å². The molecule has 1 aromatic carbocycles. The Morgan fingerprint density at radius 1 is 1.33 bits per heavy atom. The Kier molecular flexibility index (Phi) is 3.22. The van der Waals surface area contributed by atoms with Crippen LogP contribution >= 0.6 is 0 Å². The van der Waals surface area contributed by atoms with Crippen molar-refractivity contribution in [3.05, 3.63) is 35.9 Å². The van der Waals surface area contributed by atoms with Gasteiger partial charge >= 0.3 is 0 Å². The third-order valence-electron chi connectivity index (χ3n) is 1.88. The van der Waals surface area contributed by atoms with E-state index in [0.717, 1.165) is 5.56 Å². The van der Waals surface area contributed by atoms with E-state index >= 15 is 0 Å². The van der Waals surface area contributed by atoms with Gasteiger partial charge in [-0.25, -0.2) is 0 Å². The number of benzene rings is 1. The summed E-state index contributed by atoms with van der Waals surface area (Å²) >= 11 is 0. The van der Waals surface area contributed by atoms with Gasteiger partial charge in [0.15, 0.2) is 0 Å². The second-order valence-corrected chi connectivity index (χ2v) is 2.81. The van der Waals surface area contributed by atoms with Crippen molar-refractivity contribution < 1.29 is 5.11 Å². The van der Waals surface area contributed by atoms with E-state index in [-0.39, 0.29) is 6.04 Å². The highest BCUT2D eigenvalue weighted by Crippen LogP contribution is 2.14. The number of hydrogen-bond acceptors (Lipinski definition) is 3. The quantitative estimate of drug-likeness (QED) is 0.454. The SMILES string of the molecule is CC(NN)C(O)c1ccccc1. The van der Waals surface area contributed by atoms with Gasteiger partial charge in [0.1, 0.15) is 0 Å². The Balaban J connectivity index is 2.71. The largest absolute Gasteiger partial charge is 0.387 e. The molecule has 0 aliphatic heterocycles. The van der Waals surface area contributed by atoms with E-state index in [1.54, 1.807) is 0 Å². The zero-order valence-electron chi connectivity index (χ0n) is 7.07. The van der Waals surface area contributed by atoms with Gasteiger partial charge in [-0.15, -0.1) is 0 Å². The van der Waals surface area contributed by atoms with Crippen molar-refractivity contribution in [1.82, 2.24) is 5.43 Å². The average Bonchev–Trinajstić information content (AvgIpc) is 2.17. The number of hydrazine groups is 1. The van der Waals surface area contributed by atoms with Crippen LogP contribution in [0.4, 0.5) is 0 Å². The summed E-state index contributed by atoms with van der Waals surface area (Å²) in [6, 6.07) is 9.31. The second kappa shape index (κ2) is 4.21. The van der Waals surface area contributed by atoms with Crippen LogP contribution in [0.25, 0.3) is 0 Å². The fourth-order valence-corrected chi connectivity index (χ4v) is 1.03. The van der Waals surface area contributed by atoms with E-state index in [2.05, 4.69) is 5.43 Å². The van der Waals surface area contributed by atoms with Gasteiger partial charge in [0.25, 0.3) is 0 Å². The lowest BCUT2D eigenvalue weighted by Crippen LogP contribution is -2.37. The van der Waals surface area contributed by atoms with E-state index < -0.39 is 6.10 Å². The first kappa shape index (κ1) is 9.19. The number of aliphatic hydroxyl groups is 1. The number of aliphatic hydroxyl groups excluding tert-OH is 1. The molecule has 3 nitrogen and oxygen atoms in total. The molecule has 1 rings (SSSR count). The predicted molar refractivity (Wildman–Crippen MR) is 48.2 cm³/mol. The van der Waals surface area contributed by atoms with Crippen molar-refractivity contribution in [1.29, 1.82) is 0 Å². The molecule has 0 heterocycles. The van der Waals surface area contributed by atoms with Gasteiger partial charge in [-0.05, 0) is 12.5 Å². The van der Waals surface area contributed by atoms with Crippen molar-refractivity contribution in [3.8, 4) is 0 Å². The predicted octanol–water partition coefficient (Wildman–Crippen LogP) is 0.572. The first-order chi connectivity index (χ1) is 5.75. The summed E-state index contributed by atoms with van der Waals surface area (Å²) in [5.74, 6) is 5.20. The molecule has 0 saturated heterocycles. The maximum atomic E-state index is 9.65. The summed E-state index contributed by atoms with van der Waals surface area (Å²) in [7, 11) is 0. The fourth-order valence-electron chi connectivity index (χ4n) is 1.03. The summed E-state index contributed by atoms with van der Waals surface area (Å²) < 4.78 is 0. The van der Waals surface area contributed by atoms with E-state index in [0.29, 0.717) is 0 Å². The molecule has 0 aromatic heterocycles. The van der Waals surface area contributed by atoms with Crippen LogP contribution in [0.1, 0.15) is 18.6 Å². The van der Waals surface area contributed by atoms with Gasteiger partial charge < -0.3 is 5.11 Å². The van der Waals surface area contributed by atoms with Crippen molar-refractivity contribution in [2.24, 2.45) is 5.84 Å².